The number of carbonyl (C=O) groups is 1. The molecule has 0 saturated carbocycles. The fourth-order valence-corrected chi connectivity index (χ4v) is 1.07. The number of aromatic carboxylic acids is 1. The number of rotatable bonds is 2. The van der Waals surface area contributed by atoms with Crippen molar-refractivity contribution in [2.45, 2.75) is 12.6 Å². The second kappa shape index (κ2) is 4.15. The van der Waals surface area contributed by atoms with Gasteiger partial charge in [-0.05, 0) is 6.07 Å². The molecule has 4 nitrogen and oxygen atoms in total. The molecule has 0 atom stereocenters. The topological polar surface area (TPSA) is 70.4 Å². The highest BCUT2D eigenvalue weighted by Crippen LogP contribution is 2.37. The van der Waals surface area contributed by atoms with Crippen molar-refractivity contribution in [3.63, 3.8) is 0 Å². The summed E-state index contributed by atoms with van der Waals surface area (Å²) in [5.74, 6) is -3.23. The Morgan fingerprint density at radius 3 is 2.24 bits per heavy atom. The minimum absolute atomic E-state index is 0.0854. The Morgan fingerprint density at radius 1 is 1.35 bits per heavy atom. The summed E-state index contributed by atoms with van der Waals surface area (Å²) in [6.45, 7) is 0. The van der Waals surface area contributed by atoms with Crippen LogP contribution in [0.25, 0.3) is 0 Å². The molecule has 0 aliphatic heterocycles. The van der Waals surface area contributed by atoms with E-state index in [9.17, 15) is 26.7 Å². The van der Waals surface area contributed by atoms with E-state index in [0.29, 0.717) is 0 Å². The van der Waals surface area contributed by atoms with Gasteiger partial charge in [-0.3, -0.25) is 0 Å². The van der Waals surface area contributed by atoms with Crippen LogP contribution in [0, 0.1) is 0 Å². The van der Waals surface area contributed by atoms with Gasteiger partial charge in [0.15, 0.2) is 5.69 Å². The average Bonchev–Trinajstić information content (AvgIpc) is 2.14. The standard InChI is InChI=1S/C8H4F5NO3/c9-6(10)4-2(8(11,12)13)1-3(15)5(14-4)7(16)17/h1,6,15H,(H,16,17). The van der Waals surface area contributed by atoms with Crippen LogP contribution in [0.4, 0.5) is 22.0 Å². The highest BCUT2D eigenvalue weighted by molar-refractivity contribution is 5.88. The molecule has 0 unspecified atom stereocenters. The quantitative estimate of drug-likeness (QED) is 0.798. The molecule has 0 aliphatic rings. The second-order valence-corrected chi connectivity index (χ2v) is 2.89. The van der Waals surface area contributed by atoms with Gasteiger partial charge in [0.05, 0.1) is 5.56 Å². The molecule has 0 bridgehead atoms. The van der Waals surface area contributed by atoms with E-state index < -0.39 is 41.3 Å². The third-order valence-electron chi connectivity index (χ3n) is 1.75. The average molecular weight is 257 g/mol. The van der Waals surface area contributed by atoms with Gasteiger partial charge in [-0.25, -0.2) is 18.6 Å². The van der Waals surface area contributed by atoms with Crippen molar-refractivity contribution in [2.75, 3.05) is 0 Å². The minimum atomic E-state index is -5.16. The predicted molar refractivity (Wildman–Crippen MR) is 42.8 cm³/mol. The number of aromatic hydroxyl groups is 1. The SMILES string of the molecule is O=C(O)c1nc(C(F)F)c(C(F)(F)F)cc1O. The van der Waals surface area contributed by atoms with Crippen molar-refractivity contribution >= 4 is 5.97 Å². The van der Waals surface area contributed by atoms with E-state index >= 15 is 0 Å². The number of alkyl halides is 5. The van der Waals surface area contributed by atoms with Crippen molar-refractivity contribution in [3.05, 3.63) is 23.0 Å². The number of halogens is 5. The lowest BCUT2D eigenvalue weighted by atomic mass is 10.1. The molecule has 0 fully saturated rings. The van der Waals surface area contributed by atoms with E-state index in [4.69, 9.17) is 10.2 Å². The first-order valence-electron chi connectivity index (χ1n) is 3.97. The van der Waals surface area contributed by atoms with Crippen LogP contribution in [0.2, 0.25) is 0 Å². The molecule has 0 amide bonds. The van der Waals surface area contributed by atoms with Crippen LogP contribution in [0.3, 0.4) is 0 Å². The Bertz CT molecular complexity index is 457. The summed E-state index contributed by atoms with van der Waals surface area (Å²) in [5, 5.41) is 17.4. The number of nitrogens with zero attached hydrogens (tertiary/aromatic N) is 1. The summed E-state index contributed by atoms with van der Waals surface area (Å²) in [5.41, 5.74) is -4.85. The lowest BCUT2D eigenvalue weighted by molar-refractivity contribution is -0.140. The van der Waals surface area contributed by atoms with E-state index in [0.717, 1.165) is 0 Å². The monoisotopic (exact) mass is 257 g/mol. The first kappa shape index (κ1) is 13.1. The molecule has 1 aromatic heterocycles. The molecule has 1 heterocycles. The van der Waals surface area contributed by atoms with Gasteiger partial charge in [-0.2, -0.15) is 13.2 Å². The molecular weight excluding hydrogens is 253 g/mol. The minimum Gasteiger partial charge on any atom is -0.505 e. The van der Waals surface area contributed by atoms with E-state index in [-0.39, 0.29) is 6.07 Å². The van der Waals surface area contributed by atoms with Gasteiger partial charge >= 0.3 is 12.1 Å². The van der Waals surface area contributed by atoms with Crippen LogP contribution in [0.15, 0.2) is 6.07 Å². The molecule has 0 aromatic carbocycles. The van der Waals surface area contributed by atoms with Crippen LogP contribution in [0.1, 0.15) is 28.2 Å². The lowest BCUT2D eigenvalue weighted by Crippen LogP contribution is -2.14. The normalized spacial score (nSPS) is 11.9. The molecule has 1 aromatic rings. The number of hydrogen-bond acceptors (Lipinski definition) is 3. The first-order chi connectivity index (χ1) is 7.64. The molecule has 0 spiro atoms. The number of pyridine rings is 1. The number of hydrogen-bond donors (Lipinski definition) is 2. The maximum Gasteiger partial charge on any atom is 0.418 e. The molecular formula is C8H4F5NO3. The zero-order valence-electron chi connectivity index (χ0n) is 7.79. The lowest BCUT2D eigenvalue weighted by Gasteiger charge is -2.12. The number of aromatic nitrogens is 1. The zero-order valence-corrected chi connectivity index (χ0v) is 7.79. The molecule has 1 rings (SSSR count). The Hall–Kier alpha value is -1.93. The van der Waals surface area contributed by atoms with E-state index in [1.54, 1.807) is 0 Å². The maximum absolute atomic E-state index is 12.3. The molecule has 9 heteroatoms. The molecule has 2 N–H and O–H groups in total. The van der Waals surface area contributed by atoms with Gasteiger partial charge in [-0.1, -0.05) is 0 Å². The Kier molecular flexibility index (Phi) is 3.21. The third kappa shape index (κ3) is 2.60. The zero-order chi connectivity index (χ0) is 13.4. The van der Waals surface area contributed by atoms with Crippen LogP contribution in [-0.2, 0) is 6.18 Å². The van der Waals surface area contributed by atoms with Crippen LogP contribution in [0.5, 0.6) is 5.75 Å². The molecule has 0 saturated heterocycles. The van der Waals surface area contributed by atoms with Crippen molar-refractivity contribution < 1.29 is 37.0 Å². The number of carboxylic acids is 1. The predicted octanol–water partition coefficient (Wildman–Crippen LogP) is 2.44. The summed E-state index contributed by atoms with van der Waals surface area (Å²) in [7, 11) is 0. The van der Waals surface area contributed by atoms with E-state index in [1.165, 1.54) is 0 Å². The van der Waals surface area contributed by atoms with Gasteiger partial charge in [0, 0.05) is 0 Å². The summed E-state index contributed by atoms with van der Waals surface area (Å²) < 4.78 is 61.5. The first-order valence-corrected chi connectivity index (χ1v) is 3.97. The third-order valence-corrected chi connectivity index (χ3v) is 1.75. The van der Waals surface area contributed by atoms with Crippen molar-refractivity contribution in [3.8, 4) is 5.75 Å². The summed E-state index contributed by atoms with van der Waals surface area (Å²) >= 11 is 0. The Labute approximate surface area is 90.3 Å². The fraction of sp³-hybridized carbons (Fsp3) is 0.250. The van der Waals surface area contributed by atoms with Crippen molar-refractivity contribution in [2.24, 2.45) is 0 Å². The maximum atomic E-state index is 12.3. The highest BCUT2D eigenvalue weighted by atomic mass is 19.4. The van der Waals surface area contributed by atoms with Gasteiger partial charge in [-0.15, -0.1) is 0 Å². The van der Waals surface area contributed by atoms with Crippen molar-refractivity contribution in [1.29, 1.82) is 0 Å². The van der Waals surface area contributed by atoms with Crippen LogP contribution in [-0.4, -0.2) is 21.2 Å². The summed E-state index contributed by atoms with van der Waals surface area (Å²) in [6.07, 6.45) is -8.77. The van der Waals surface area contributed by atoms with Crippen LogP contribution < -0.4 is 0 Å². The van der Waals surface area contributed by atoms with Gasteiger partial charge in [0.1, 0.15) is 11.4 Å². The van der Waals surface area contributed by atoms with Crippen LogP contribution >= 0.6 is 0 Å². The molecule has 17 heavy (non-hydrogen) atoms. The summed E-state index contributed by atoms with van der Waals surface area (Å²) in [4.78, 5) is 13.0. The largest absolute Gasteiger partial charge is 0.505 e. The smallest absolute Gasteiger partial charge is 0.418 e. The number of carboxylic acid groups (broad SMARTS) is 1. The van der Waals surface area contributed by atoms with Gasteiger partial charge in [0.25, 0.3) is 6.43 Å². The molecule has 94 valence electrons. The molecule has 0 aliphatic carbocycles. The highest BCUT2D eigenvalue weighted by Gasteiger charge is 2.38. The fourth-order valence-electron chi connectivity index (χ4n) is 1.07. The Balaban J connectivity index is 3.53. The van der Waals surface area contributed by atoms with Gasteiger partial charge < -0.3 is 10.2 Å². The van der Waals surface area contributed by atoms with E-state index in [2.05, 4.69) is 4.98 Å². The van der Waals surface area contributed by atoms with Crippen molar-refractivity contribution in [1.82, 2.24) is 4.98 Å². The Morgan fingerprint density at radius 2 is 1.88 bits per heavy atom. The molecule has 0 radical (unpaired) electrons. The van der Waals surface area contributed by atoms with Gasteiger partial charge in [0.2, 0.25) is 0 Å². The van der Waals surface area contributed by atoms with E-state index in [1.807, 2.05) is 0 Å². The second-order valence-electron chi connectivity index (χ2n) is 2.89. The summed E-state index contributed by atoms with van der Waals surface area (Å²) in [6, 6.07) is -0.0854.